The molecule has 2 rings (SSSR count). The normalized spacial score (nSPS) is 20.7. The molecule has 1 aliphatic heterocycles. The van der Waals surface area contributed by atoms with Crippen molar-refractivity contribution in [1.82, 2.24) is 18.4 Å². The van der Waals surface area contributed by atoms with Gasteiger partial charge in [0.05, 0.1) is 24.9 Å². The predicted molar refractivity (Wildman–Crippen MR) is 70.8 cm³/mol. The van der Waals surface area contributed by atoms with Gasteiger partial charge in [-0.15, -0.1) is 0 Å². The van der Waals surface area contributed by atoms with Crippen molar-refractivity contribution in [2.45, 2.75) is 19.5 Å². The summed E-state index contributed by atoms with van der Waals surface area (Å²) in [6.07, 6.45) is 1.69. The summed E-state index contributed by atoms with van der Waals surface area (Å²) in [6.45, 7) is 3.72. The molecule has 1 aliphatic rings. The lowest BCUT2D eigenvalue weighted by Crippen LogP contribution is -2.47. The minimum Gasteiger partial charge on any atom is -0.379 e. The van der Waals surface area contributed by atoms with Crippen LogP contribution in [0.15, 0.2) is 12.3 Å². The van der Waals surface area contributed by atoms with Gasteiger partial charge in [0.15, 0.2) is 0 Å². The number of aromatic nitrogens is 2. The molecule has 108 valence electrons. The maximum Gasteiger partial charge on any atom is 0.281 e. The van der Waals surface area contributed by atoms with Crippen molar-refractivity contribution in [3.05, 3.63) is 18.0 Å². The van der Waals surface area contributed by atoms with Crippen LogP contribution < -0.4 is 0 Å². The van der Waals surface area contributed by atoms with E-state index in [1.807, 2.05) is 17.7 Å². The van der Waals surface area contributed by atoms with E-state index < -0.39 is 10.2 Å². The first kappa shape index (κ1) is 14.4. The van der Waals surface area contributed by atoms with Crippen molar-refractivity contribution in [3.8, 4) is 0 Å². The zero-order valence-corrected chi connectivity index (χ0v) is 12.3. The van der Waals surface area contributed by atoms with E-state index in [1.54, 1.807) is 20.3 Å². The molecule has 0 fully saturated rings. The molecule has 0 aliphatic carbocycles. The predicted octanol–water partition coefficient (Wildman–Crippen LogP) is 0.0827. The quantitative estimate of drug-likeness (QED) is 0.769. The number of hydrogen-bond acceptors (Lipinski definition) is 4. The number of fused-ring (bicyclic) bond motifs is 1. The van der Waals surface area contributed by atoms with Gasteiger partial charge in [-0.25, -0.2) is 0 Å². The molecule has 7 nitrogen and oxygen atoms in total. The number of rotatable bonds is 5. The molecule has 0 amide bonds. The van der Waals surface area contributed by atoms with Gasteiger partial charge in [0.1, 0.15) is 0 Å². The lowest BCUT2D eigenvalue weighted by molar-refractivity contribution is 0.0888. The molecule has 19 heavy (non-hydrogen) atoms. The van der Waals surface area contributed by atoms with Gasteiger partial charge in [0.2, 0.25) is 0 Å². The van der Waals surface area contributed by atoms with E-state index in [0.29, 0.717) is 26.3 Å². The van der Waals surface area contributed by atoms with Crippen LogP contribution >= 0.6 is 0 Å². The smallest absolute Gasteiger partial charge is 0.281 e. The van der Waals surface area contributed by atoms with Crippen molar-refractivity contribution < 1.29 is 13.2 Å². The van der Waals surface area contributed by atoms with E-state index in [0.717, 1.165) is 5.69 Å². The highest BCUT2D eigenvalue weighted by atomic mass is 32.2. The SMILES string of the molecule is CCOCC1CN(S(=O)(=O)N(C)C)Cc2ccnn21. The van der Waals surface area contributed by atoms with Gasteiger partial charge in [-0.3, -0.25) is 4.68 Å². The van der Waals surface area contributed by atoms with Gasteiger partial charge in [-0.1, -0.05) is 0 Å². The Morgan fingerprint density at radius 2 is 2.26 bits per heavy atom. The van der Waals surface area contributed by atoms with Crippen LogP contribution in [0.3, 0.4) is 0 Å². The molecule has 0 bridgehead atoms. The van der Waals surface area contributed by atoms with Crippen LogP contribution in [-0.4, -0.2) is 60.7 Å². The van der Waals surface area contributed by atoms with Gasteiger partial charge in [0, 0.05) is 33.4 Å². The minimum absolute atomic E-state index is 0.0755. The van der Waals surface area contributed by atoms with E-state index in [1.165, 1.54) is 8.61 Å². The van der Waals surface area contributed by atoms with Crippen LogP contribution in [0.4, 0.5) is 0 Å². The number of hydrogen-bond donors (Lipinski definition) is 0. The van der Waals surface area contributed by atoms with Crippen LogP contribution in [-0.2, 0) is 21.5 Å². The summed E-state index contributed by atoms with van der Waals surface area (Å²) < 4.78 is 34.4. The van der Waals surface area contributed by atoms with E-state index in [9.17, 15) is 8.42 Å². The van der Waals surface area contributed by atoms with E-state index in [4.69, 9.17) is 4.74 Å². The van der Waals surface area contributed by atoms with Gasteiger partial charge < -0.3 is 4.74 Å². The maximum absolute atomic E-state index is 12.2. The van der Waals surface area contributed by atoms with Gasteiger partial charge in [-0.2, -0.15) is 22.1 Å². The second-order valence-electron chi connectivity index (χ2n) is 4.66. The topological polar surface area (TPSA) is 67.7 Å². The van der Waals surface area contributed by atoms with Gasteiger partial charge >= 0.3 is 0 Å². The summed E-state index contributed by atoms with van der Waals surface area (Å²) in [4.78, 5) is 0. The van der Waals surface area contributed by atoms with Crippen molar-refractivity contribution in [1.29, 1.82) is 0 Å². The number of ether oxygens (including phenoxy) is 1. The third kappa shape index (κ3) is 2.81. The molecule has 1 unspecified atom stereocenters. The molecule has 0 spiro atoms. The molecular weight excluding hydrogens is 268 g/mol. The van der Waals surface area contributed by atoms with Crippen LogP contribution in [0, 0.1) is 0 Å². The highest BCUT2D eigenvalue weighted by Gasteiger charge is 2.33. The molecule has 0 saturated heterocycles. The fourth-order valence-electron chi connectivity index (χ4n) is 2.14. The fourth-order valence-corrected chi connectivity index (χ4v) is 3.25. The summed E-state index contributed by atoms with van der Waals surface area (Å²) in [5.41, 5.74) is 0.890. The van der Waals surface area contributed by atoms with Gasteiger partial charge in [0.25, 0.3) is 10.2 Å². The van der Waals surface area contributed by atoms with E-state index >= 15 is 0 Å². The average molecular weight is 288 g/mol. The average Bonchev–Trinajstić information content (AvgIpc) is 2.83. The Labute approximate surface area is 113 Å². The standard InChI is InChI=1S/C11H20N4O3S/c1-4-18-9-11-8-14(19(16,17)13(2)3)7-10-5-6-12-15(10)11/h5-6,11H,4,7-9H2,1-3H3. The lowest BCUT2D eigenvalue weighted by atomic mass is 10.2. The first-order valence-electron chi connectivity index (χ1n) is 6.24. The summed E-state index contributed by atoms with van der Waals surface area (Å²) in [6, 6.07) is 1.77. The summed E-state index contributed by atoms with van der Waals surface area (Å²) in [5, 5.41) is 4.25. The zero-order chi connectivity index (χ0) is 14.0. The molecule has 0 N–H and O–H groups in total. The Morgan fingerprint density at radius 3 is 2.89 bits per heavy atom. The van der Waals surface area contributed by atoms with E-state index in [2.05, 4.69) is 5.10 Å². The molecule has 2 heterocycles. The first-order valence-corrected chi connectivity index (χ1v) is 7.64. The maximum atomic E-state index is 12.2. The first-order chi connectivity index (χ1) is 8.96. The fraction of sp³-hybridized carbons (Fsp3) is 0.727. The molecule has 0 saturated carbocycles. The molecule has 1 aromatic rings. The second-order valence-corrected chi connectivity index (χ2v) is 6.81. The molecule has 0 radical (unpaired) electrons. The Hall–Kier alpha value is -0.960. The largest absolute Gasteiger partial charge is 0.379 e. The van der Waals surface area contributed by atoms with Crippen molar-refractivity contribution in [2.75, 3.05) is 33.9 Å². The monoisotopic (exact) mass is 288 g/mol. The van der Waals surface area contributed by atoms with Crippen LogP contribution in [0.2, 0.25) is 0 Å². The molecule has 8 heteroatoms. The Bertz CT molecular complexity index is 526. The molecular formula is C11H20N4O3S. The molecule has 1 aromatic heterocycles. The van der Waals surface area contributed by atoms with Crippen LogP contribution in [0.1, 0.15) is 18.7 Å². The highest BCUT2D eigenvalue weighted by Crippen LogP contribution is 2.23. The van der Waals surface area contributed by atoms with Crippen molar-refractivity contribution in [2.24, 2.45) is 0 Å². The lowest BCUT2D eigenvalue weighted by Gasteiger charge is -2.34. The van der Waals surface area contributed by atoms with Crippen molar-refractivity contribution >= 4 is 10.2 Å². The van der Waals surface area contributed by atoms with Crippen LogP contribution in [0.25, 0.3) is 0 Å². The Morgan fingerprint density at radius 1 is 1.53 bits per heavy atom. The Kier molecular flexibility index (Phi) is 4.24. The van der Waals surface area contributed by atoms with E-state index in [-0.39, 0.29) is 6.04 Å². The molecule has 0 aromatic carbocycles. The third-order valence-electron chi connectivity index (χ3n) is 3.15. The van der Waals surface area contributed by atoms with Crippen molar-refractivity contribution in [3.63, 3.8) is 0 Å². The van der Waals surface area contributed by atoms with Crippen LogP contribution in [0.5, 0.6) is 0 Å². The van der Waals surface area contributed by atoms with Gasteiger partial charge in [-0.05, 0) is 13.0 Å². The minimum atomic E-state index is -3.41. The summed E-state index contributed by atoms with van der Waals surface area (Å²) in [5.74, 6) is 0. The number of nitrogens with zero attached hydrogens (tertiary/aromatic N) is 4. The summed E-state index contributed by atoms with van der Waals surface area (Å²) >= 11 is 0. The Balaban J connectivity index is 2.25. The second kappa shape index (κ2) is 5.58. The zero-order valence-electron chi connectivity index (χ0n) is 11.5. The highest BCUT2D eigenvalue weighted by molar-refractivity contribution is 7.86. The molecule has 1 atom stereocenters. The summed E-state index contributed by atoms with van der Waals surface area (Å²) in [7, 11) is -0.328. The third-order valence-corrected chi connectivity index (χ3v) is 5.01.